The Morgan fingerprint density at radius 3 is 2.63 bits per heavy atom. The minimum Gasteiger partial charge on any atom is -0.347 e. The molecule has 5 rings (SSSR count). The van der Waals surface area contributed by atoms with Gasteiger partial charge in [-0.1, -0.05) is 17.8 Å². The van der Waals surface area contributed by atoms with Gasteiger partial charge in [0.25, 0.3) is 15.9 Å². The number of hydrogen-bond acceptors (Lipinski definition) is 6. The first-order valence-electron chi connectivity index (χ1n) is 9.51. The summed E-state index contributed by atoms with van der Waals surface area (Å²) < 4.78 is 50.5. The first kappa shape index (κ1) is 21.5. The Morgan fingerprint density at radius 2 is 1.97 bits per heavy atom. The van der Waals surface area contributed by atoms with E-state index in [2.05, 4.69) is 10.2 Å². The molecule has 2 N–H and O–H groups in total. The predicted octanol–water partition coefficient (Wildman–Crippen LogP) is 3.69. The highest BCUT2D eigenvalue weighted by molar-refractivity contribution is 8.01. The third kappa shape index (κ3) is 4.96. The fourth-order valence-electron chi connectivity index (χ4n) is 3.81. The van der Waals surface area contributed by atoms with Crippen molar-refractivity contribution in [3.63, 3.8) is 0 Å². The van der Waals surface area contributed by atoms with Gasteiger partial charge in [-0.2, -0.15) is 8.78 Å². The highest BCUT2D eigenvalue weighted by Crippen LogP contribution is 2.35. The fourth-order valence-corrected chi connectivity index (χ4v) is 6.42. The molecule has 6 nitrogen and oxygen atoms in total. The van der Waals surface area contributed by atoms with Crippen LogP contribution in [0.2, 0.25) is 0 Å². The van der Waals surface area contributed by atoms with Gasteiger partial charge in [-0.3, -0.25) is 9.52 Å². The number of rotatable bonds is 7. The van der Waals surface area contributed by atoms with Crippen molar-refractivity contribution < 1.29 is 22.0 Å². The predicted molar refractivity (Wildman–Crippen MR) is 114 cm³/mol. The van der Waals surface area contributed by atoms with Crippen LogP contribution >= 0.6 is 23.1 Å². The number of amides is 1. The molecule has 11 heteroatoms. The molecule has 2 bridgehead atoms. The molecule has 1 unspecified atom stereocenters. The SMILES string of the molecule is O=C(NC1CN2CCC1CC2)c1ccc(Sc2cccc(NS(=O)(=O)C(F)F)c2)s1. The second-order valence-electron chi connectivity index (χ2n) is 7.37. The first-order valence-corrected chi connectivity index (χ1v) is 12.7. The number of hydrogen-bond donors (Lipinski definition) is 2. The zero-order valence-corrected chi connectivity index (χ0v) is 18.3. The standard InChI is InChI=1S/C19H21F2N3O3S3/c20-19(21)30(26,27)23-13-2-1-3-14(10-13)28-17-5-4-16(29-17)18(25)22-15-11-24-8-6-12(15)7-9-24/h1-5,10,12,15,19,23H,6-9,11H2,(H,22,25). The van der Waals surface area contributed by atoms with E-state index in [9.17, 15) is 22.0 Å². The highest BCUT2D eigenvalue weighted by atomic mass is 32.2. The second kappa shape index (κ2) is 8.81. The van der Waals surface area contributed by atoms with Crippen LogP contribution in [0, 0.1) is 5.92 Å². The molecule has 0 saturated carbocycles. The maximum Gasteiger partial charge on any atom is 0.355 e. The minimum absolute atomic E-state index is 0.0668. The first-order chi connectivity index (χ1) is 14.3. The number of anilines is 1. The number of nitrogens with zero attached hydrogens (tertiary/aromatic N) is 1. The molecule has 1 aromatic carbocycles. The maximum atomic E-state index is 12.7. The largest absolute Gasteiger partial charge is 0.355 e. The zero-order chi connectivity index (χ0) is 21.3. The van der Waals surface area contributed by atoms with Crippen LogP contribution < -0.4 is 10.0 Å². The normalized spacial score (nSPS) is 23.5. The van der Waals surface area contributed by atoms with Crippen LogP contribution in [0.4, 0.5) is 14.5 Å². The summed E-state index contributed by atoms with van der Waals surface area (Å²) in [6.07, 6.45) is 2.25. The van der Waals surface area contributed by atoms with Crippen LogP contribution in [-0.2, 0) is 10.0 Å². The Labute approximate surface area is 182 Å². The molecule has 1 amide bonds. The molecule has 3 fully saturated rings. The summed E-state index contributed by atoms with van der Waals surface area (Å²) in [5, 5.41) is 3.16. The Bertz CT molecular complexity index is 1020. The molecule has 3 aliphatic heterocycles. The summed E-state index contributed by atoms with van der Waals surface area (Å²) in [6.45, 7) is 3.14. The Hall–Kier alpha value is -1.69. The molecule has 1 aromatic heterocycles. The van der Waals surface area contributed by atoms with E-state index in [1.807, 2.05) is 10.8 Å². The quantitative estimate of drug-likeness (QED) is 0.641. The number of piperidine rings is 3. The third-order valence-corrected chi connectivity index (χ3v) is 8.52. The molecule has 1 atom stereocenters. The van der Waals surface area contributed by atoms with Gasteiger partial charge in [-0.15, -0.1) is 11.3 Å². The van der Waals surface area contributed by atoms with Gasteiger partial charge in [0.05, 0.1) is 9.09 Å². The maximum absolute atomic E-state index is 12.7. The van der Waals surface area contributed by atoms with Gasteiger partial charge in [0.2, 0.25) is 0 Å². The second-order valence-corrected chi connectivity index (χ2v) is 11.5. The Balaban J connectivity index is 1.39. The van der Waals surface area contributed by atoms with E-state index < -0.39 is 15.8 Å². The van der Waals surface area contributed by atoms with Crippen LogP contribution in [0.5, 0.6) is 0 Å². The molecule has 2 aromatic rings. The number of nitrogens with one attached hydrogen (secondary N) is 2. The van der Waals surface area contributed by atoms with Crippen molar-refractivity contribution in [2.24, 2.45) is 5.92 Å². The van der Waals surface area contributed by atoms with Gasteiger partial charge >= 0.3 is 5.76 Å². The van der Waals surface area contributed by atoms with Crippen LogP contribution in [0.15, 0.2) is 45.5 Å². The monoisotopic (exact) mass is 473 g/mol. The molecule has 0 aliphatic carbocycles. The lowest BCUT2D eigenvalue weighted by molar-refractivity contribution is 0.0622. The molecule has 3 aliphatic rings. The van der Waals surface area contributed by atoms with Crippen molar-refractivity contribution in [3.05, 3.63) is 41.3 Å². The Kier molecular flexibility index (Phi) is 6.33. The van der Waals surface area contributed by atoms with Crippen molar-refractivity contribution in [2.45, 2.75) is 33.7 Å². The molecular weight excluding hydrogens is 452 g/mol. The van der Waals surface area contributed by atoms with Crippen LogP contribution in [0.3, 0.4) is 0 Å². The Morgan fingerprint density at radius 1 is 1.20 bits per heavy atom. The van der Waals surface area contributed by atoms with Crippen molar-refractivity contribution in [3.8, 4) is 0 Å². The molecule has 162 valence electrons. The van der Waals surface area contributed by atoms with E-state index in [1.165, 1.54) is 35.2 Å². The van der Waals surface area contributed by atoms with Crippen LogP contribution in [-0.4, -0.2) is 50.7 Å². The number of sulfonamides is 1. The average Bonchev–Trinajstić information content (AvgIpc) is 3.17. The summed E-state index contributed by atoms with van der Waals surface area (Å²) in [6, 6.07) is 10.0. The fraction of sp³-hybridized carbons (Fsp3) is 0.421. The van der Waals surface area contributed by atoms with Gasteiger partial charge in [-0.05, 0) is 62.2 Å². The molecule has 4 heterocycles. The van der Waals surface area contributed by atoms with Crippen LogP contribution in [0.1, 0.15) is 22.5 Å². The zero-order valence-electron chi connectivity index (χ0n) is 15.9. The van der Waals surface area contributed by atoms with E-state index in [0.29, 0.717) is 15.7 Å². The van der Waals surface area contributed by atoms with Gasteiger partial charge in [-0.25, -0.2) is 8.42 Å². The van der Waals surface area contributed by atoms with Gasteiger partial charge in [0.15, 0.2) is 0 Å². The van der Waals surface area contributed by atoms with Crippen LogP contribution in [0.25, 0.3) is 0 Å². The summed E-state index contributed by atoms with van der Waals surface area (Å²) >= 11 is 2.69. The molecule has 0 spiro atoms. The van der Waals surface area contributed by atoms with Crippen molar-refractivity contribution in [1.29, 1.82) is 0 Å². The third-order valence-electron chi connectivity index (χ3n) is 5.32. The van der Waals surface area contributed by atoms with E-state index in [4.69, 9.17) is 0 Å². The molecular formula is C19H21F2N3O3S3. The summed E-state index contributed by atoms with van der Waals surface area (Å²) in [5.74, 6) is -3.03. The average molecular weight is 474 g/mol. The van der Waals surface area contributed by atoms with Gasteiger partial charge < -0.3 is 10.2 Å². The number of carbonyl (C=O) groups excluding carboxylic acids is 1. The van der Waals surface area contributed by atoms with E-state index >= 15 is 0 Å². The lowest BCUT2D eigenvalue weighted by atomic mass is 9.84. The molecule has 0 radical (unpaired) electrons. The van der Waals surface area contributed by atoms with Crippen molar-refractivity contribution in [1.82, 2.24) is 10.2 Å². The van der Waals surface area contributed by atoms with E-state index in [0.717, 1.165) is 36.7 Å². The summed E-state index contributed by atoms with van der Waals surface area (Å²) in [4.78, 5) is 16.3. The van der Waals surface area contributed by atoms with Crippen molar-refractivity contribution in [2.75, 3.05) is 24.4 Å². The number of carbonyl (C=O) groups is 1. The topological polar surface area (TPSA) is 78.5 Å². The molecule has 3 saturated heterocycles. The lowest BCUT2D eigenvalue weighted by Gasteiger charge is -2.44. The van der Waals surface area contributed by atoms with E-state index in [1.54, 1.807) is 18.2 Å². The molecule has 30 heavy (non-hydrogen) atoms. The number of thiophene rings is 1. The smallest absolute Gasteiger partial charge is 0.347 e. The summed E-state index contributed by atoms with van der Waals surface area (Å²) in [5.41, 5.74) is 0.0668. The van der Waals surface area contributed by atoms with E-state index in [-0.39, 0.29) is 17.6 Å². The minimum atomic E-state index is -4.71. The van der Waals surface area contributed by atoms with Gasteiger partial charge in [0, 0.05) is 23.2 Å². The summed E-state index contributed by atoms with van der Waals surface area (Å²) in [7, 11) is -4.71. The van der Waals surface area contributed by atoms with Gasteiger partial charge in [0.1, 0.15) is 0 Å². The van der Waals surface area contributed by atoms with Crippen molar-refractivity contribution >= 4 is 44.7 Å². The number of fused-ring (bicyclic) bond motifs is 3. The number of alkyl halides is 2. The lowest BCUT2D eigenvalue weighted by Crippen LogP contribution is -2.57. The number of halogens is 2. The number of benzene rings is 1. The highest BCUT2D eigenvalue weighted by Gasteiger charge is 2.35.